The van der Waals surface area contributed by atoms with Crippen LogP contribution in [0.3, 0.4) is 0 Å². The molecule has 9 heteroatoms. The van der Waals surface area contributed by atoms with Gasteiger partial charge < -0.3 is 10.4 Å². The number of aliphatic hydroxyl groups is 1. The summed E-state index contributed by atoms with van der Waals surface area (Å²) >= 11 is 0. The van der Waals surface area contributed by atoms with E-state index in [0.717, 1.165) is 6.07 Å². The molecule has 122 valence electrons. The number of amides is 1. The molecule has 1 atom stereocenters. The lowest BCUT2D eigenvalue weighted by molar-refractivity contribution is -0.388. The van der Waals surface area contributed by atoms with E-state index in [0.29, 0.717) is 12.1 Å². The Kier molecular flexibility index (Phi) is 4.81. The quantitative estimate of drug-likeness (QED) is 0.659. The van der Waals surface area contributed by atoms with Crippen molar-refractivity contribution in [3.63, 3.8) is 0 Å². The molecule has 0 aromatic heterocycles. The van der Waals surface area contributed by atoms with Gasteiger partial charge in [-0.25, -0.2) is 0 Å². The van der Waals surface area contributed by atoms with Gasteiger partial charge >= 0.3 is 6.18 Å². The smallest absolute Gasteiger partial charge is 0.380 e. The number of halogens is 3. The number of nitro benzene ring substituents is 1. The van der Waals surface area contributed by atoms with E-state index in [2.05, 4.69) is 5.32 Å². The summed E-state index contributed by atoms with van der Waals surface area (Å²) in [5, 5.41) is 22.7. The van der Waals surface area contributed by atoms with Crippen molar-refractivity contribution in [3.05, 3.63) is 33.9 Å². The number of nitrogens with one attached hydrogen (secondary N) is 1. The molecule has 0 radical (unpaired) electrons. The third kappa shape index (κ3) is 3.73. The van der Waals surface area contributed by atoms with Crippen molar-refractivity contribution in [3.8, 4) is 0 Å². The highest BCUT2D eigenvalue weighted by atomic mass is 19.4. The van der Waals surface area contributed by atoms with Crippen LogP contribution in [0, 0.1) is 16.0 Å². The van der Waals surface area contributed by atoms with E-state index in [4.69, 9.17) is 0 Å². The molecule has 1 unspecified atom stereocenters. The average Bonchev–Trinajstić information content (AvgIpc) is 2.36. The Morgan fingerprint density at radius 2 is 1.91 bits per heavy atom. The largest absolute Gasteiger partial charge is 0.423 e. The first-order chi connectivity index (χ1) is 9.87. The first kappa shape index (κ1) is 17.9. The SMILES string of the molecule is CC(C)C(C)(O)C(=O)Nc1ccc([N+](=O)[O-])c(C(F)(F)F)c1. The summed E-state index contributed by atoms with van der Waals surface area (Å²) in [7, 11) is 0. The average molecular weight is 320 g/mol. The topological polar surface area (TPSA) is 92.5 Å². The standard InChI is InChI=1S/C13H15F3N2O4/c1-7(2)12(3,20)11(19)17-8-4-5-10(18(21)22)9(6-8)13(14,15)16/h4-7,20H,1-3H3,(H,17,19). The highest BCUT2D eigenvalue weighted by Crippen LogP contribution is 2.37. The molecule has 0 spiro atoms. The fourth-order valence-corrected chi connectivity index (χ4v) is 1.52. The Morgan fingerprint density at radius 3 is 2.32 bits per heavy atom. The van der Waals surface area contributed by atoms with Gasteiger partial charge in [-0.1, -0.05) is 13.8 Å². The van der Waals surface area contributed by atoms with Crippen molar-refractivity contribution in [2.75, 3.05) is 5.32 Å². The van der Waals surface area contributed by atoms with Gasteiger partial charge in [0.2, 0.25) is 0 Å². The van der Waals surface area contributed by atoms with Gasteiger partial charge in [-0.3, -0.25) is 14.9 Å². The molecule has 1 aromatic rings. The zero-order valence-electron chi connectivity index (χ0n) is 12.1. The lowest BCUT2D eigenvalue weighted by Crippen LogP contribution is -2.44. The second-order valence-corrected chi connectivity index (χ2v) is 5.24. The molecule has 0 aliphatic rings. The second-order valence-electron chi connectivity index (χ2n) is 5.24. The van der Waals surface area contributed by atoms with Gasteiger partial charge in [0.05, 0.1) is 4.92 Å². The number of carbonyl (C=O) groups excluding carboxylic acids is 1. The first-order valence-corrected chi connectivity index (χ1v) is 6.26. The number of carbonyl (C=O) groups is 1. The van der Waals surface area contributed by atoms with Crippen molar-refractivity contribution in [2.24, 2.45) is 5.92 Å². The maximum atomic E-state index is 12.8. The predicted molar refractivity (Wildman–Crippen MR) is 72.2 cm³/mol. The minimum atomic E-state index is -4.94. The lowest BCUT2D eigenvalue weighted by Gasteiger charge is -2.26. The van der Waals surface area contributed by atoms with E-state index in [1.54, 1.807) is 13.8 Å². The van der Waals surface area contributed by atoms with Crippen molar-refractivity contribution >= 4 is 17.3 Å². The summed E-state index contributed by atoms with van der Waals surface area (Å²) < 4.78 is 38.5. The number of hydrogen-bond acceptors (Lipinski definition) is 4. The molecule has 22 heavy (non-hydrogen) atoms. The number of anilines is 1. The fraction of sp³-hybridized carbons (Fsp3) is 0.462. The summed E-state index contributed by atoms with van der Waals surface area (Å²) in [6.45, 7) is 4.36. The van der Waals surface area contributed by atoms with E-state index in [1.807, 2.05) is 0 Å². The number of rotatable bonds is 4. The Labute approximate surface area is 124 Å². The number of nitrogens with zero attached hydrogens (tertiary/aromatic N) is 1. The zero-order chi connectivity index (χ0) is 17.3. The monoisotopic (exact) mass is 320 g/mol. The fourth-order valence-electron chi connectivity index (χ4n) is 1.52. The molecule has 0 bridgehead atoms. The van der Waals surface area contributed by atoms with Crippen LogP contribution in [0.2, 0.25) is 0 Å². The van der Waals surface area contributed by atoms with E-state index in [9.17, 15) is 33.2 Å². The van der Waals surface area contributed by atoms with Crippen molar-refractivity contribution in [1.82, 2.24) is 0 Å². The maximum Gasteiger partial charge on any atom is 0.423 e. The lowest BCUT2D eigenvalue weighted by atomic mass is 9.91. The van der Waals surface area contributed by atoms with Gasteiger partial charge in [0, 0.05) is 11.8 Å². The van der Waals surface area contributed by atoms with Gasteiger partial charge in [-0.05, 0) is 25.0 Å². The van der Waals surface area contributed by atoms with Crippen molar-refractivity contribution in [1.29, 1.82) is 0 Å². The predicted octanol–water partition coefficient (Wildman–Crippen LogP) is 2.96. The Morgan fingerprint density at radius 1 is 1.36 bits per heavy atom. The second kappa shape index (κ2) is 5.91. The van der Waals surface area contributed by atoms with E-state index < -0.39 is 39.8 Å². The molecular weight excluding hydrogens is 305 g/mol. The molecule has 0 saturated heterocycles. The number of hydrogen-bond donors (Lipinski definition) is 2. The minimum Gasteiger partial charge on any atom is -0.380 e. The van der Waals surface area contributed by atoms with Crippen LogP contribution in [0.4, 0.5) is 24.5 Å². The molecule has 1 amide bonds. The van der Waals surface area contributed by atoms with Gasteiger partial charge in [-0.15, -0.1) is 0 Å². The van der Waals surface area contributed by atoms with Gasteiger partial charge in [0.25, 0.3) is 11.6 Å². The number of nitro groups is 1. The van der Waals surface area contributed by atoms with Crippen LogP contribution >= 0.6 is 0 Å². The van der Waals surface area contributed by atoms with Crippen molar-refractivity contribution in [2.45, 2.75) is 32.5 Å². The van der Waals surface area contributed by atoms with Crippen LogP contribution in [0.25, 0.3) is 0 Å². The normalized spacial score (nSPS) is 14.5. The molecule has 6 nitrogen and oxygen atoms in total. The number of alkyl halides is 3. The van der Waals surface area contributed by atoms with E-state index in [-0.39, 0.29) is 5.69 Å². The van der Waals surface area contributed by atoms with E-state index >= 15 is 0 Å². The van der Waals surface area contributed by atoms with Crippen LogP contribution in [0.1, 0.15) is 26.3 Å². The van der Waals surface area contributed by atoms with Crippen LogP contribution < -0.4 is 5.32 Å². The summed E-state index contributed by atoms with van der Waals surface area (Å²) in [6.07, 6.45) is -4.94. The highest BCUT2D eigenvalue weighted by Gasteiger charge is 2.39. The van der Waals surface area contributed by atoms with Gasteiger partial charge in [0.1, 0.15) is 11.2 Å². The zero-order valence-corrected chi connectivity index (χ0v) is 12.1. The minimum absolute atomic E-state index is 0.288. The maximum absolute atomic E-state index is 12.8. The van der Waals surface area contributed by atoms with Crippen LogP contribution in [-0.4, -0.2) is 21.5 Å². The third-order valence-electron chi connectivity index (χ3n) is 3.34. The summed E-state index contributed by atoms with van der Waals surface area (Å²) in [5.41, 5.74) is -4.66. The molecule has 0 saturated carbocycles. The molecule has 0 fully saturated rings. The molecule has 1 aromatic carbocycles. The van der Waals surface area contributed by atoms with E-state index in [1.165, 1.54) is 6.92 Å². The summed E-state index contributed by atoms with van der Waals surface area (Å²) in [6, 6.07) is 2.09. The summed E-state index contributed by atoms with van der Waals surface area (Å²) in [5.74, 6) is -1.38. The molecule has 0 aliphatic carbocycles. The van der Waals surface area contributed by atoms with Gasteiger partial charge in [-0.2, -0.15) is 13.2 Å². The van der Waals surface area contributed by atoms with Gasteiger partial charge in [0.15, 0.2) is 0 Å². The first-order valence-electron chi connectivity index (χ1n) is 6.26. The molecule has 1 rings (SSSR count). The molecule has 0 aliphatic heterocycles. The van der Waals surface area contributed by atoms with Crippen molar-refractivity contribution < 1.29 is 28.0 Å². The summed E-state index contributed by atoms with van der Waals surface area (Å²) in [4.78, 5) is 21.4. The Hall–Kier alpha value is -2.16. The van der Waals surface area contributed by atoms with Crippen LogP contribution in [0.5, 0.6) is 0 Å². The highest BCUT2D eigenvalue weighted by molar-refractivity contribution is 5.97. The Bertz CT molecular complexity index is 597. The van der Waals surface area contributed by atoms with Crippen LogP contribution in [0.15, 0.2) is 18.2 Å². The number of benzene rings is 1. The van der Waals surface area contributed by atoms with Crippen LogP contribution in [-0.2, 0) is 11.0 Å². The third-order valence-corrected chi connectivity index (χ3v) is 3.34. The Balaban J connectivity index is 3.19. The molecular formula is C13H15F3N2O4. The molecule has 0 heterocycles. The molecule has 2 N–H and O–H groups in total.